The molecular weight excluding hydrogens is 638 g/mol. The van der Waals surface area contributed by atoms with Crippen LogP contribution in [0.4, 0.5) is 8.78 Å². The molecule has 0 bridgehead atoms. The van der Waals surface area contributed by atoms with Crippen LogP contribution in [0.25, 0.3) is 0 Å². The first-order valence-electron chi connectivity index (χ1n) is 15.6. The third kappa shape index (κ3) is 8.76. The van der Waals surface area contributed by atoms with E-state index in [0.717, 1.165) is 0 Å². The second-order valence-corrected chi connectivity index (χ2v) is 10.9. The molecule has 0 fully saturated rings. The van der Waals surface area contributed by atoms with Gasteiger partial charge in [0.2, 0.25) is 0 Å². The lowest BCUT2D eigenvalue weighted by atomic mass is 10.3. The molecule has 246 valence electrons. The summed E-state index contributed by atoms with van der Waals surface area (Å²) in [7, 11) is 0. The van der Waals surface area contributed by atoms with Gasteiger partial charge in [-0.05, 0) is 109 Å². The smallest absolute Gasteiger partial charge is 0.131 e. The number of hydrogen-bond acceptors (Lipinski definition) is 6. The van der Waals surface area contributed by atoms with E-state index in [2.05, 4.69) is 0 Å². The lowest BCUT2D eigenvalue weighted by Crippen LogP contribution is -1.90. The third-order valence-electron chi connectivity index (χ3n) is 7.07. The van der Waals surface area contributed by atoms with Crippen molar-refractivity contribution < 1.29 is 37.2 Å². The molecule has 0 amide bonds. The summed E-state index contributed by atoms with van der Waals surface area (Å²) < 4.78 is 62.6. The van der Waals surface area contributed by atoms with Crippen LogP contribution in [-0.2, 0) is 0 Å². The summed E-state index contributed by atoms with van der Waals surface area (Å²) in [5.74, 6) is 6.02. The number of ether oxygens (including phenoxy) is 6. The van der Waals surface area contributed by atoms with Gasteiger partial charge in [-0.3, -0.25) is 0 Å². The maximum absolute atomic E-state index is 13.2. The molecule has 7 aromatic carbocycles. The van der Waals surface area contributed by atoms with E-state index in [-0.39, 0.29) is 11.6 Å². The van der Waals surface area contributed by atoms with Crippen molar-refractivity contribution in [2.45, 2.75) is 0 Å². The average Bonchev–Trinajstić information content (AvgIpc) is 3.11. The molecule has 7 aromatic rings. The molecule has 0 spiro atoms. The highest BCUT2D eigenvalue weighted by Gasteiger charge is 2.08. The standard InChI is InChI=1S/C42H28F2O6/c43-29-16-20-31(21-17-29)45-33-6-1-8-35(24-33)47-37-10-3-12-39(26-37)49-41-14-5-15-42(28-41)50-40-13-4-11-38(27-40)48-36-9-2-7-34(25-36)46-32-22-18-30(44)19-23-32/h1-28H. The molecule has 0 unspecified atom stereocenters. The Hall–Kier alpha value is -6.80. The van der Waals surface area contributed by atoms with E-state index in [0.29, 0.717) is 69.0 Å². The summed E-state index contributed by atoms with van der Waals surface area (Å²) in [4.78, 5) is 0. The van der Waals surface area contributed by atoms with Crippen molar-refractivity contribution >= 4 is 0 Å². The second-order valence-electron chi connectivity index (χ2n) is 10.9. The molecule has 6 nitrogen and oxygen atoms in total. The summed E-state index contributed by atoms with van der Waals surface area (Å²) in [6.07, 6.45) is 0. The Morgan fingerprint density at radius 3 is 0.600 bits per heavy atom. The first kappa shape index (κ1) is 31.8. The van der Waals surface area contributed by atoms with Gasteiger partial charge in [0.15, 0.2) is 0 Å². The summed E-state index contributed by atoms with van der Waals surface area (Å²) in [6, 6.07) is 47.8. The highest BCUT2D eigenvalue weighted by atomic mass is 19.1. The minimum Gasteiger partial charge on any atom is -0.457 e. The van der Waals surface area contributed by atoms with Gasteiger partial charge in [0.05, 0.1) is 0 Å². The van der Waals surface area contributed by atoms with Gasteiger partial charge < -0.3 is 28.4 Å². The fourth-order valence-electron chi connectivity index (χ4n) is 4.83. The van der Waals surface area contributed by atoms with Gasteiger partial charge in [-0.25, -0.2) is 8.78 Å². The fraction of sp³-hybridized carbons (Fsp3) is 0. The Balaban J connectivity index is 0.974. The fourth-order valence-corrected chi connectivity index (χ4v) is 4.83. The first-order valence-corrected chi connectivity index (χ1v) is 15.6. The second kappa shape index (κ2) is 15.0. The monoisotopic (exact) mass is 666 g/mol. The molecule has 7 rings (SSSR count). The molecule has 0 atom stereocenters. The first-order chi connectivity index (χ1) is 24.5. The van der Waals surface area contributed by atoms with Crippen molar-refractivity contribution in [2.75, 3.05) is 0 Å². The van der Waals surface area contributed by atoms with Crippen molar-refractivity contribution in [1.82, 2.24) is 0 Å². The lowest BCUT2D eigenvalue weighted by Gasteiger charge is -2.12. The van der Waals surface area contributed by atoms with Crippen LogP contribution in [0.1, 0.15) is 0 Å². The van der Waals surface area contributed by atoms with Gasteiger partial charge in [-0.15, -0.1) is 0 Å². The van der Waals surface area contributed by atoms with Crippen LogP contribution in [0.5, 0.6) is 69.0 Å². The molecule has 0 N–H and O–H groups in total. The number of halogens is 2. The van der Waals surface area contributed by atoms with Gasteiger partial charge in [0.25, 0.3) is 0 Å². The minimum atomic E-state index is -0.330. The van der Waals surface area contributed by atoms with Crippen LogP contribution in [0.2, 0.25) is 0 Å². The van der Waals surface area contributed by atoms with E-state index in [1.54, 1.807) is 66.7 Å². The molecule has 0 aliphatic rings. The predicted octanol–water partition coefficient (Wildman–Crippen LogP) is 12.7. The molecule has 8 heteroatoms. The molecule has 0 radical (unpaired) electrons. The van der Waals surface area contributed by atoms with Gasteiger partial charge in [0.1, 0.15) is 80.6 Å². The van der Waals surface area contributed by atoms with Crippen molar-refractivity contribution in [1.29, 1.82) is 0 Å². The van der Waals surface area contributed by atoms with Gasteiger partial charge >= 0.3 is 0 Å². The predicted molar refractivity (Wildman–Crippen MR) is 185 cm³/mol. The van der Waals surface area contributed by atoms with Crippen LogP contribution in [-0.4, -0.2) is 0 Å². The zero-order valence-electron chi connectivity index (χ0n) is 26.4. The zero-order valence-corrected chi connectivity index (χ0v) is 26.4. The molecule has 0 heterocycles. The van der Waals surface area contributed by atoms with E-state index in [1.165, 1.54) is 24.3 Å². The third-order valence-corrected chi connectivity index (χ3v) is 7.07. The zero-order chi connectivity index (χ0) is 34.1. The Labute approximate surface area is 287 Å². The van der Waals surface area contributed by atoms with E-state index >= 15 is 0 Å². The summed E-state index contributed by atoms with van der Waals surface area (Å²) >= 11 is 0. The normalized spacial score (nSPS) is 10.6. The average molecular weight is 667 g/mol. The number of benzene rings is 7. The molecule has 0 saturated carbocycles. The summed E-state index contributed by atoms with van der Waals surface area (Å²) in [5.41, 5.74) is 0. The number of rotatable bonds is 12. The van der Waals surface area contributed by atoms with E-state index in [4.69, 9.17) is 28.4 Å². The van der Waals surface area contributed by atoms with Gasteiger partial charge in [-0.2, -0.15) is 0 Å². The summed E-state index contributed by atoms with van der Waals surface area (Å²) in [6.45, 7) is 0. The van der Waals surface area contributed by atoms with Crippen molar-refractivity contribution in [3.63, 3.8) is 0 Å². The quantitative estimate of drug-likeness (QED) is 0.129. The largest absolute Gasteiger partial charge is 0.457 e. The maximum Gasteiger partial charge on any atom is 0.131 e. The van der Waals surface area contributed by atoms with Crippen molar-refractivity contribution in [3.8, 4) is 69.0 Å². The SMILES string of the molecule is Fc1ccc(Oc2cccc(Oc3cccc(Oc4cccc(Oc5cccc(Oc6cccc(Oc7ccc(F)cc7)c6)c5)c4)c3)c2)cc1. The van der Waals surface area contributed by atoms with Gasteiger partial charge in [-0.1, -0.05) is 30.3 Å². The Morgan fingerprint density at radius 1 is 0.220 bits per heavy atom. The van der Waals surface area contributed by atoms with E-state index < -0.39 is 0 Å². The Kier molecular flexibility index (Phi) is 9.51. The lowest BCUT2D eigenvalue weighted by molar-refractivity contribution is 0.444. The van der Waals surface area contributed by atoms with Crippen LogP contribution in [0.15, 0.2) is 170 Å². The minimum absolute atomic E-state index is 0.330. The summed E-state index contributed by atoms with van der Waals surface area (Å²) in [5, 5.41) is 0. The molecule has 0 aromatic heterocycles. The molecule has 0 aliphatic carbocycles. The Morgan fingerprint density at radius 2 is 0.400 bits per heavy atom. The van der Waals surface area contributed by atoms with Crippen LogP contribution >= 0.6 is 0 Å². The van der Waals surface area contributed by atoms with Crippen LogP contribution in [0.3, 0.4) is 0 Å². The number of hydrogen-bond donors (Lipinski definition) is 0. The van der Waals surface area contributed by atoms with Gasteiger partial charge in [0, 0.05) is 30.3 Å². The van der Waals surface area contributed by atoms with Crippen molar-refractivity contribution in [2.24, 2.45) is 0 Å². The Bertz CT molecular complexity index is 2050. The van der Waals surface area contributed by atoms with Crippen LogP contribution in [0, 0.1) is 11.6 Å². The molecular formula is C42H28F2O6. The topological polar surface area (TPSA) is 55.4 Å². The van der Waals surface area contributed by atoms with E-state index in [9.17, 15) is 8.78 Å². The maximum atomic E-state index is 13.2. The van der Waals surface area contributed by atoms with Crippen LogP contribution < -0.4 is 28.4 Å². The highest BCUT2D eigenvalue weighted by Crippen LogP contribution is 2.35. The van der Waals surface area contributed by atoms with Crippen molar-refractivity contribution in [3.05, 3.63) is 181 Å². The molecule has 0 saturated heterocycles. The molecule has 50 heavy (non-hydrogen) atoms. The van der Waals surface area contributed by atoms with E-state index in [1.807, 2.05) is 78.9 Å². The molecule has 0 aliphatic heterocycles. The highest BCUT2D eigenvalue weighted by molar-refractivity contribution is 5.45.